The van der Waals surface area contributed by atoms with Crippen LogP contribution in [0.25, 0.3) is 0 Å². The summed E-state index contributed by atoms with van der Waals surface area (Å²) in [5.74, 6) is -0.767. The Labute approximate surface area is 212 Å². The average molecular weight is 527 g/mol. The Morgan fingerprint density at radius 2 is 1.65 bits per heavy atom. The molecular formula is C25H26N3O8P. The number of β-lactam (4-membered cyclic amide) rings is 1. The van der Waals surface area contributed by atoms with Gasteiger partial charge in [-0.3, -0.25) is 14.1 Å². The highest BCUT2D eigenvalue weighted by atomic mass is 31.2. The van der Waals surface area contributed by atoms with Crippen LogP contribution in [0.5, 0.6) is 5.75 Å². The third-order valence-electron chi connectivity index (χ3n) is 5.91. The Morgan fingerprint density at radius 1 is 1.03 bits per heavy atom. The van der Waals surface area contributed by atoms with E-state index < -0.39 is 43.9 Å². The summed E-state index contributed by atoms with van der Waals surface area (Å²) in [6.45, 7) is 1.48. The predicted octanol–water partition coefficient (Wildman–Crippen LogP) is 2.96. The van der Waals surface area contributed by atoms with Crippen molar-refractivity contribution in [2.45, 2.75) is 38.8 Å². The van der Waals surface area contributed by atoms with Crippen LogP contribution in [0.2, 0.25) is 0 Å². The summed E-state index contributed by atoms with van der Waals surface area (Å²) in [4.78, 5) is 46.4. The lowest BCUT2D eigenvalue weighted by molar-refractivity contribution is -0.143. The minimum atomic E-state index is -4.63. The number of aromatic nitrogens is 1. The van der Waals surface area contributed by atoms with Crippen LogP contribution in [0, 0.1) is 0 Å². The van der Waals surface area contributed by atoms with Crippen LogP contribution >= 0.6 is 7.75 Å². The molecule has 0 saturated carbocycles. The molecule has 2 amide bonds. The molecule has 1 aliphatic heterocycles. The first kappa shape index (κ1) is 26.2. The van der Waals surface area contributed by atoms with Gasteiger partial charge in [0.05, 0.1) is 18.8 Å². The summed E-state index contributed by atoms with van der Waals surface area (Å²) in [7, 11) is -4.63. The van der Waals surface area contributed by atoms with Gasteiger partial charge in [0, 0.05) is 18.3 Å². The Kier molecular flexibility index (Phi) is 7.77. The van der Waals surface area contributed by atoms with Crippen LogP contribution < -0.4 is 15.5 Å². The Bertz CT molecular complexity index is 1380. The highest BCUT2D eigenvalue weighted by Gasteiger charge is 2.54. The quantitative estimate of drug-likeness (QED) is 0.269. The zero-order valence-electron chi connectivity index (χ0n) is 19.9. The van der Waals surface area contributed by atoms with Crippen LogP contribution in [0.15, 0.2) is 77.7 Å². The standard InChI is InChI=1S/C25H26N3O8P/c1-17-23(26-25(31)32)24(30)28(17)37(33,34)36-16-20-12-21(29)22(35-15-19-10-6-3-7-11-19)14-27(20)13-18-8-4-2-5-9-18/h2-12,14,17,23,26H,13,15-16H2,1H3,(H,31,32)(H,33,34)/t17-,23?/m0/s1. The van der Waals surface area contributed by atoms with Gasteiger partial charge in [0.1, 0.15) is 12.6 Å². The van der Waals surface area contributed by atoms with Crippen LogP contribution in [0.3, 0.4) is 0 Å². The van der Waals surface area contributed by atoms with Crippen molar-refractivity contribution in [3.8, 4) is 5.75 Å². The van der Waals surface area contributed by atoms with Crippen LogP contribution in [-0.4, -0.2) is 43.3 Å². The molecule has 0 radical (unpaired) electrons. The average Bonchev–Trinajstić information content (AvgIpc) is 2.87. The molecule has 2 unspecified atom stereocenters. The molecule has 2 heterocycles. The Hall–Kier alpha value is -3.92. The van der Waals surface area contributed by atoms with Gasteiger partial charge in [-0.25, -0.2) is 14.0 Å². The molecule has 0 aliphatic carbocycles. The Morgan fingerprint density at radius 3 is 2.24 bits per heavy atom. The third kappa shape index (κ3) is 6.08. The van der Waals surface area contributed by atoms with E-state index in [1.165, 1.54) is 19.2 Å². The highest BCUT2D eigenvalue weighted by molar-refractivity contribution is 7.51. The van der Waals surface area contributed by atoms with Crippen LogP contribution in [-0.2, 0) is 33.6 Å². The van der Waals surface area contributed by atoms with Crippen molar-refractivity contribution in [3.05, 3.63) is 100.0 Å². The summed E-state index contributed by atoms with van der Waals surface area (Å²) >= 11 is 0. The zero-order chi connectivity index (χ0) is 26.6. The fourth-order valence-corrected chi connectivity index (χ4v) is 5.37. The van der Waals surface area contributed by atoms with Crippen molar-refractivity contribution in [3.63, 3.8) is 0 Å². The minimum absolute atomic E-state index is 0.102. The van der Waals surface area contributed by atoms with E-state index >= 15 is 0 Å². The lowest BCUT2D eigenvalue weighted by Gasteiger charge is -2.45. The van der Waals surface area contributed by atoms with E-state index in [0.717, 1.165) is 11.1 Å². The Balaban J connectivity index is 1.54. The van der Waals surface area contributed by atoms with Gasteiger partial charge in [-0.2, -0.15) is 0 Å². The minimum Gasteiger partial charge on any atom is -0.483 e. The second-order valence-corrected chi connectivity index (χ2v) is 10.2. The van der Waals surface area contributed by atoms with Crippen LogP contribution in [0.4, 0.5) is 4.79 Å². The van der Waals surface area contributed by atoms with E-state index in [1.54, 1.807) is 4.57 Å². The second-order valence-electron chi connectivity index (χ2n) is 8.50. The van der Waals surface area contributed by atoms with Gasteiger partial charge < -0.3 is 24.6 Å². The number of carboxylic acid groups (broad SMARTS) is 1. The number of nitrogens with one attached hydrogen (secondary N) is 1. The van der Waals surface area contributed by atoms with Crippen molar-refractivity contribution < 1.29 is 33.4 Å². The number of hydrogen-bond donors (Lipinski definition) is 3. The number of hydrogen-bond acceptors (Lipinski definition) is 6. The van der Waals surface area contributed by atoms with Gasteiger partial charge in [-0.15, -0.1) is 0 Å². The zero-order valence-corrected chi connectivity index (χ0v) is 20.8. The molecule has 0 bridgehead atoms. The number of ether oxygens (including phenoxy) is 1. The fourth-order valence-electron chi connectivity index (χ4n) is 3.98. The number of pyridine rings is 1. The molecule has 194 valence electrons. The maximum absolute atomic E-state index is 12.9. The normalized spacial score (nSPS) is 18.5. The summed E-state index contributed by atoms with van der Waals surface area (Å²) in [5.41, 5.74) is 1.64. The summed E-state index contributed by atoms with van der Waals surface area (Å²) in [5, 5.41) is 10.8. The molecular weight excluding hydrogens is 501 g/mol. The van der Waals surface area contributed by atoms with Gasteiger partial charge in [-0.05, 0) is 18.1 Å². The molecule has 3 atom stereocenters. The van der Waals surface area contributed by atoms with Gasteiger partial charge in [0.25, 0.3) is 5.91 Å². The van der Waals surface area contributed by atoms with Crippen molar-refractivity contribution in [1.29, 1.82) is 0 Å². The van der Waals surface area contributed by atoms with Crippen molar-refractivity contribution in [1.82, 2.24) is 14.6 Å². The molecule has 37 heavy (non-hydrogen) atoms. The molecule has 2 aromatic carbocycles. The molecule has 3 N–H and O–H groups in total. The maximum atomic E-state index is 12.9. The second kappa shape index (κ2) is 11.0. The number of amides is 2. The highest BCUT2D eigenvalue weighted by Crippen LogP contribution is 2.53. The van der Waals surface area contributed by atoms with Gasteiger partial charge in [0.15, 0.2) is 5.75 Å². The van der Waals surface area contributed by atoms with E-state index in [4.69, 9.17) is 14.4 Å². The largest absolute Gasteiger partial charge is 0.483 e. The lowest BCUT2D eigenvalue weighted by atomic mass is 10.0. The van der Waals surface area contributed by atoms with Crippen molar-refractivity contribution in [2.75, 3.05) is 0 Å². The molecule has 4 rings (SSSR count). The summed E-state index contributed by atoms with van der Waals surface area (Å²) in [6.07, 6.45) is 0.0989. The molecule has 11 nitrogen and oxygen atoms in total. The van der Waals surface area contributed by atoms with Gasteiger partial charge >= 0.3 is 13.8 Å². The SMILES string of the molecule is C[C@H]1C(NC(=O)O)C(=O)N1P(=O)(O)OCc1cc(=O)c(OCc2ccccc2)cn1Cc1ccccc1. The molecule has 0 spiro atoms. The van der Waals surface area contributed by atoms with E-state index in [2.05, 4.69) is 0 Å². The van der Waals surface area contributed by atoms with Crippen LogP contribution in [0.1, 0.15) is 23.7 Å². The topological polar surface area (TPSA) is 147 Å². The third-order valence-corrected chi connectivity index (χ3v) is 7.48. The molecule has 1 aromatic heterocycles. The molecule has 12 heteroatoms. The number of benzene rings is 2. The number of carbonyl (C=O) groups excluding carboxylic acids is 1. The maximum Gasteiger partial charge on any atom is 0.435 e. The van der Waals surface area contributed by atoms with E-state index in [1.807, 2.05) is 66.0 Å². The summed E-state index contributed by atoms with van der Waals surface area (Å²) < 4.78 is 26.2. The fraction of sp³-hybridized carbons (Fsp3) is 0.240. The van der Waals surface area contributed by atoms with Crippen molar-refractivity contribution >= 4 is 19.7 Å². The molecule has 1 fully saturated rings. The molecule has 3 aromatic rings. The van der Waals surface area contributed by atoms with Crippen molar-refractivity contribution in [2.24, 2.45) is 0 Å². The number of rotatable bonds is 10. The number of carbonyl (C=O) groups is 2. The lowest BCUT2D eigenvalue weighted by Crippen LogP contribution is -2.68. The monoisotopic (exact) mass is 527 g/mol. The first-order chi connectivity index (χ1) is 17.7. The number of nitrogens with zero attached hydrogens (tertiary/aromatic N) is 2. The molecule has 1 aliphatic rings. The van der Waals surface area contributed by atoms with Gasteiger partial charge in [0.2, 0.25) is 5.43 Å². The first-order valence-electron chi connectivity index (χ1n) is 11.4. The van der Waals surface area contributed by atoms with E-state index in [-0.39, 0.29) is 18.1 Å². The van der Waals surface area contributed by atoms with Gasteiger partial charge in [-0.1, -0.05) is 60.7 Å². The predicted molar refractivity (Wildman–Crippen MR) is 133 cm³/mol. The smallest absolute Gasteiger partial charge is 0.435 e. The molecule has 1 saturated heterocycles. The first-order valence-corrected chi connectivity index (χ1v) is 12.9. The van der Waals surface area contributed by atoms with E-state index in [9.17, 15) is 23.8 Å². The summed E-state index contributed by atoms with van der Waals surface area (Å²) in [6, 6.07) is 18.0. The van der Waals surface area contributed by atoms with E-state index in [0.29, 0.717) is 11.2 Å².